The highest BCUT2D eigenvalue weighted by atomic mass is 19.4. The minimum Gasteiger partial charge on any atom is -0.400 e. The second kappa shape index (κ2) is 6.24. The molecule has 0 aromatic heterocycles. The van der Waals surface area contributed by atoms with E-state index in [4.69, 9.17) is 10.2 Å². The largest absolute Gasteiger partial charge is 0.400 e. The van der Waals surface area contributed by atoms with Crippen molar-refractivity contribution in [3.63, 3.8) is 0 Å². The first-order valence-corrected chi connectivity index (χ1v) is 4.66. The molecule has 1 fully saturated rings. The summed E-state index contributed by atoms with van der Waals surface area (Å²) in [7, 11) is 1.00. The van der Waals surface area contributed by atoms with Crippen LogP contribution in [0, 0.1) is 11.8 Å². The minimum atomic E-state index is -4.03. The van der Waals surface area contributed by atoms with Crippen molar-refractivity contribution in [3.05, 3.63) is 0 Å². The fraction of sp³-hybridized carbons (Fsp3) is 1.00. The molecule has 2 N–H and O–H groups in total. The fourth-order valence-corrected chi connectivity index (χ4v) is 1.67. The maximum Gasteiger partial charge on any atom is 0.391 e. The highest BCUT2D eigenvalue weighted by molar-refractivity contribution is 4.76. The van der Waals surface area contributed by atoms with Gasteiger partial charge in [-0.2, -0.15) is 13.2 Å². The molecule has 0 atom stereocenters. The molecule has 0 bridgehead atoms. The molecule has 1 aliphatic carbocycles. The predicted octanol–water partition coefficient (Wildman–Crippen LogP) is 1.96. The van der Waals surface area contributed by atoms with E-state index in [0.717, 1.165) is 7.11 Å². The van der Waals surface area contributed by atoms with E-state index in [1.807, 2.05) is 0 Å². The van der Waals surface area contributed by atoms with Crippen LogP contribution in [0.1, 0.15) is 25.7 Å². The summed E-state index contributed by atoms with van der Waals surface area (Å²) < 4.78 is 36.3. The number of aliphatic hydroxyl groups excluding tert-OH is 2. The average Bonchev–Trinajstić information content (AvgIpc) is 2.20. The summed E-state index contributed by atoms with van der Waals surface area (Å²) in [5.74, 6) is -1.02. The van der Waals surface area contributed by atoms with Crippen LogP contribution >= 0.6 is 0 Å². The Labute approximate surface area is 81.7 Å². The Balaban J connectivity index is 0.000000791. The van der Waals surface area contributed by atoms with E-state index in [1.54, 1.807) is 0 Å². The lowest BCUT2D eigenvalue weighted by molar-refractivity contribution is -0.184. The predicted molar refractivity (Wildman–Crippen MR) is 46.7 cm³/mol. The molecule has 2 nitrogen and oxygen atoms in total. The van der Waals surface area contributed by atoms with Gasteiger partial charge in [0.15, 0.2) is 0 Å². The van der Waals surface area contributed by atoms with Gasteiger partial charge in [0.1, 0.15) is 0 Å². The van der Waals surface area contributed by atoms with Crippen molar-refractivity contribution in [1.82, 2.24) is 0 Å². The molecule has 0 amide bonds. The van der Waals surface area contributed by atoms with Crippen molar-refractivity contribution in [2.45, 2.75) is 31.9 Å². The molecule has 1 rings (SSSR count). The molecule has 0 spiro atoms. The van der Waals surface area contributed by atoms with E-state index in [1.165, 1.54) is 0 Å². The van der Waals surface area contributed by atoms with Crippen LogP contribution in [0.3, 0.4) is 0 Å². The number of hydrogen-bond acceptors (Lipinski definition) is 2. The summed E-state index contributed by atoms with van der Waals surface area (Å²) in [6.45, 7) is 0.0323. The normalized spacial score (nSPS) is 27.9. The van der Waals surface area contributed by atoms with Crippen LogP contribution in [0.15, 0.2) is 0 Å². The number of aliphatic hydroxyl groups is 2. The molecule has 1 saturated carbocycles. The van der Waals surface area contributed by atoms with Crippen LogP contribution in [-0.2, 0) is 0 Å². The monoisotopic (exact) mass is 214 g/mol. The maximum absolute atomic E-state index is 12.1. The fourth-order valence-electron chi connectivity index (χ4n) is 1.67. The Morgan fingerprint density at radius 1 is 1.07 bits per heavy atom. The topological polar surface area (TPSA) is 40.5 Å². The Morgan fingerprint density at radius 2 is 1.50 bits per heavy atom. The van der Waals surface area contributed by atoms with Gasteiger partial charge in [0.05, 0.1) is 5.92 Å². The molecule has 0 unspecified atom stereocenters. The van der Waals surface area contributed by atoms with E-state index >= 15 is 0 Å². The first-order chi connectivity index (χ1) is 6.54. The van der Waals surface area contributed by atoms with Crippen molar-refractivity contribution in [2.24, 2.45) is 11.8 Å². The van der Waals surface area contributed by atoms with E-state index in [2.05, 4.69) is 0 Å². The highest BCUT2D eigenvalue weighted by Gasteiger charge is 2.41. The highest BCUT2D eigenvalue weighted by Crippen LogP contribution is 2.39. The Kier molecular flexibility index (Phi) is 6.11. The Hall–Kier alpha value is -0.290. The molecule has 14 heavy (non-hydrogen) atoms. The molecular weight excluding hydrogens is 197 g/mol. The van der Waals surface area contributed by atoms with E-state index in [0.29, 0.717) is 12.8 Å². The van der Waals surface area contributed by atoms with Crippen LogP contribution in [0.25, 0.3) is 0 Å². The maximum atomic E-state index is 12.1. The number of rotatable bonds is 1. The zero-order valence-electron chi connectivity index (χ0n) is 8.22. The third-order valence-electron chi connectivity index (χ3n) is 2.57. The summed E-state index contributed by atoms with van der Waals surface area (Å²) in [5.41, 5.74) is 0. The van der Waals surface area contributed by atoms with E-state index < -0.39 is 12.1 Å². The third-order valence-corrected chi connectivity index (χ3v) is 2.57. The van der Waals surface area contributed by atoms with Crippen molar-refractivity contribution in [1.29, 1.82) is 0 Å². The second-order valence-electron chi connectivity index (χ2n) is 3.44. The summed E-state index contributed by atoms with van der Waals surface area (Å²) in [6, 6.07) is 0. The molecule has 5 heteroatoms. The van der Waals surface area contributed by atoms with Gasteiger partial charge in [-0.05, 0) is 31.6 Å². The zero-order chi connectivity index (χ0) is 11.2. The van der Waals surface area contributed by atoms with Crippen LogP contribution in [0.5, 0.6) is 0 Å². The lowest BCUT2D eigenvalue weighted by Gasteiger charge is -2.28. The molecule has 0 aromatic carbocycles. The van der Waals surface area contributed by atoms with Gasteiger partial charge in [-0.1, -0.05) is 0 Å². The summed E-state index contributed by atoms with van der Waals surface area (Å²) in [6.07, 6.45) is -2.62. The smallest absolute Gasteiger partial charge is 0.391 e. The van der Waals surface area contributed by atoms with Gasteiger partial charge in [-0.15, -0.1) is 0 Å². The summed E-state index contributed by atoms with van der Waals surface area (Å²) >= 11 is 0. The van der Waals surface area contributed by atoms with Gasteiger partial charge in [-0.3, -0.25) is 0 Å². The van der Waals surface area contributed by atoms with Gasteiger partial charge in [0.2, 0.25) is 0 Å². The number of halogens is 3. The first kappa shape index (κ1) is 13.7. The van der Waals surface area contributed by atoms with E-state index in [-0.39, 0.29) is 25.4 Å². The van der Waals surface area contributed by atoms with Crippen molar-refractivity contribution >= 4 is 0 Å². The zero-order valence-corrected chi connectivity index (χ0v) is 8.22. The van der Waals surface area contributed by atoms with Crippen molar-refractivity contribution < 1.29 is 23.4 Å². The van der Waals surface area contributed by atoms with Crippen LogP contribution in [-0.4, -0.2) is 30.1 Å². The molecular formula is C9H17F3O2. The molecule has 0 aromatic rings. The van der Waals surface area contributed by atoms with Crippen molar-refractivity contribution in [3.8, 4) is 0 Å². The summed E-state index contributed by atoms with van der Waals surface area (Å²) in [4.78, 5) is 0. The average molecular weight is 214 g/mol. The summed E-state index contributed by atoms with van der Waals surface area (Å²) in [5, 5.41) is 15.7. The lowest BCUT2D eigenvalue weighted by Crippen LogP contribution is -2.28. The van der Waals surface area contributed by atoms with E-state index in [9.17, 15) is 13.2 Å². The quantitative estimate of drug-likeness (QED) is 0.700. The molecule has 0 aliphatic heterocycles. The SMILES string of the molecule is CO.OCC1CCC(C(F)(F)F)CC1. The van der Waals surface area contributed by atoms with Gasteiger partial charge in [0, 0.05) is 13.7 Å². The molecule has 86 valence electrons. The Bertz CT molecular complexity index is 139. The second-order valence-corrected chi connectivity index (χ2v) is 3.44. The number of hydrogen-bond donors (Lipinski definition) is 2. The van der Waals surface area contributed by atoms with Crippen LogP contribution in [0.2, 0.25) is 0 Å². The van der Waals surface area contributed by atoms with Gasteiger partial charge in [0.25, 0.3) is 0 Å². The van der Waals surface area contributed by atoms with Crippen LogP contribution < -0.4 is 0 Å². The van der Waals surface area contributed by atoms with Gasteiger partial charge in [-0.25, -0.2) is 0 Å². The lowest BCUT2D eigenvalue weighted by atomic mass is 9.82. The standard InChI is InChI=1S/C8H13F3O.CH4O/c9-8(10,11)7-3-1-6(5-12)2-4-7;1-2/h6-7,12H,1-5H2;2H,1H3. The Morgan fingerprint density at radius 3 is 1.79 bits per heavy atom. The van der Waals surface area contributed by atoms with Crippen LogP contribution in [0.4, 0.5) is 13.2 Å². The molecule has 0 radical (unpaired) electrons. The third kappa shape index (κ3) is 4.28. The first-order valence-electron chi connectivity index (χ1n) is 4.66. The number of alkyl halides is 3. The van der Waals surface area contributed by atoms with Gasteiger partial charge >= 0.3 is 6.18 Å². The minimum absolute atomic E-state index is 0.0323. The van der Waals surface area contributed by atoms with Crippen molar-refractivity contribution in [2.75, 3.05) is 13.7 Å². The molecule has 0 saturated heterocycles. The van der Waals surface area contributed by atoms with Gasteiger partial charge < -0.3 is 10.2 Å². The molecule has 1 aliphatic rings. The molecule has 0 heterocycles.